The van der Waals surface area contributed by atoms with Gasteiger partial charge < -0.3 is 19.7 Å². The van der Waals surface area contributed by atoms with Gasteiger partial charge in [0.25, 0.3) is 0 Å². The van der Waals surface area contributed by atoms with Gasteiger partial charge in [0.2, 0.25) is 5.91 Å². The third kappa shape index (κ3) is 7.15. The molecule has 0 bridgehead atoms. The summed E-state index contributed by atoms with van der Waals surface area (Å²) in [6, 6.07) is 7.70. The number of hydrogen-bond donors (Lipinski definition) is 4. The maximum absolute atomic E-state index is 12.0. The molecule has 2 rings (SSSR count). The van der Waals surface area contributed by atoms with E-state index in [2.05, 4.69) is 30.0 Å². The number of benzene rings is 1. The second-order valence-corrected chi connectivity index (χ2v) is 7.03. The number of methoxy groups -OCH3 is 1. The Balaban J connectivity index is 1.61. The van der Waals surface area contributed by atoms with Gasteiger partial charge in [0, 0.05) is 6.54 Å². The van der Waals surface area contributed by atoms with Crippen LogP contribution in [-0.4, -0.2) is 50.0 Å². The molecule has 0 saturated carbocycles. The molecule has 0 aromatic heterocycles. The van der Waals surface area contributed by atoms with Crippen LogP contribution in [0.4, 0.5) is 0 Å². The number of amides is 1. The van der Waals surface area contributed by atoms with E-state index < -0.39 is 0 Å². The molecular weight excluding hydrogens is 352 g/mol. The van der Waals surface area contributed by atoms with Crippen LogP contribution in [-0.2, 0) is 16.1 Å². The molecule has 26 heavy (non-hydrogen) atoms. The molecule has 144 valence electrons. The fourth-order valence-electron chi connectivity index (χ4n) is 3.04. The molecule has 2 atom stereocenters. The average Bonchev–Trinajstić information content (AvgIpc) is 2.62. The minimum atomic E-state index is -0.0714. The first kappa shape index (κ1) is 20.4. The molecule has 8 heteroatoms. The van der Waals surface area contributed by atoms with Crippen molar-refractivity contribution >= 4 is 23.2 Å². The number of ether oxygens (including phenoxy) is 2. The summed E-state index contributed by atoms with van der Waals surface area (Å²) in [5, 5.41) is 3.44. The van der Waals surface area contributed by atoms with Crippen LogP contribution in [0.5, 0.6) is 5.75 Å². The standard InChI is InChI=1S/C18H28N4O3S/c1-13-11-22(12-14(2)25-13)9-8-17(23)20-21-18(26)19-10-15-4-6-16(24-3)7-5-15/h4-7,13-14H,8-12H2,1-3H3,(H,20,23)(H2,19,21,26)/p+1/t13-,14-/m0/s1. The summed E-state index contributed by atoms with van der Waals surface area (Å²) in [6.07, 6.45) is 0.928. The van der Waals surface area contributed by atoms with Gasteiger partial charge in [-0.3, -0.25) is 15.6 Å². The first-order chi connectivity index (χ1) is 12.5. The van der Waals surface area contributed by atoms with Crippen molar-refractivity contribution in [2.75, 3.05) is 26.7 Å². The average molecular weight is 382 g/mol. The van der Waals surface area contributed by atoms with Gasteiger partial charge in [-0.15, -0.1) is 0 Å². The number of carbonyl (C=O) groups is 1. The summed E-state index contributed by atoms with van der Waals surface area (Å²) in [7, 11) is 1.64. The Kier molecular flexibility index (Phi) is 8.08. The third-order valence-electron chi connectivity index (χ3n) is 4.25. The monoisotopic (exact) mass is 381 g/mol. The van der Waals surface area contributed by atoms with Crippen molar-refractivity contribution in [2.24, 2.45) is 0 Å². The van der Waals surface area contributed by atoms with E-state index in [1.807, 2.05) is 24.3 Å². The predicted molar refractivity (Wildman–Crippen MR) is 104 cm³/mol. The summed E-state index contributed by atoms with van der Waals surface area (Å²) >= 11 is 5.18. The lowest BCUT2D eigenvalue weighted by atomic mass is 10.2. The molecule has 4 N–H and O–H groups in total. The van der Waals surface area contributed by atoms with Gasteiger partial charge in [-0.1, -0.05) is 12.1 Å². The summed E-state index contributed by atoms with van der Waals surface area (Å²) in [6.45, 7) is 7.38. The van der Waals surface area contributed by atoms with E-state index in [0.717, 1.165) is 30.9 Å². The Labute approximate surface area is 160 Å². The number of nitrogens with one attached hydrogen (secondary N) is 4. The van der Waals surface area contributed by atoms with Crippen LogP contribution < -0.4 is 25.8 Å². The van der Waals surface area contributed by atoms with E-state index in [0.29, 0.717) is 18.1 Å². The fraction of sp³-hybridized carbons (Fsp3) is 0.556. The predicted octanol–water partition coefficient (Wildman–Crippen LogP) is -0.227. The number of thiocarbonyl (C=S) groups is 1. The fourth-order valence-corrected chi connectivity index (χ4v) is 3.17. The van der Waals surface area contributed by atoms with Gasteiger partial charge in [-0.05, 0) is 43.8 Å². The summed E-state index contributed by atoms with van der Waals surface area (Å²) < 4.78 is 10.8. The summed E-state index contributed by atoms with van der Waals surface area (Å²) in [5.41, 5.74) is 6.45. The van der Waals surface area contributed by atoms with Crippen LogP contribution in [0.25, 0.3) is 0 Å². The van der Waals surface area contributed by atoms with E-state index in [4.69, 9.17) is 21.7 Å². The Bertz CT molecular complexity index is 587. The molecule has 1 aliphatic rings. The first-order valence-corrected chi connectivity index (χ1v) is 9.31. The van der Waals surface area contributed by atoms with Crippen molar-refractivity contribution in [3.05, 3.63) is 29.8 Å². The molecule has 0 radical (unpaired) electrons. The van der Waals surface area contributed by atoms with E-state index in [1.165, 1.54) is 4.90 Å². The van der Waals surface area contributed by atoms with Crippen molar-refractivity contribution in [3.63, 3.8) is 0 Å². The quantitative estimate of drug-likeness (QED) is 0.403. The van der Waals surface area contributed by atoms with Crippen LogP contribution in [0.2, 0.25) is 0 Å². The van der Waals surface area contributed by atoms with E-state index in [9.17, 15) is 4.79 Å². The van der Waals surface area contributed by atoms with E-state index in [-0.39, 0.29) is 18.1 Å². The molecular formula is C18H29N4O3S+. The van der Waals surface area contributed by atoms with Crippen LogP contribution in [0.1, 0.15) is 25.8 Å². The molecule has 7 nitrogen and oxygen atoms in total. The normalized spacial score (nSPS) is 22.3. The van der Waals surface area contributed by atoms with Crippen molar-refractivity contribution in [1.29, 1.82) is 0 Å². The van der Waals surface area contributed by atoms with Crippen molar-refractivity contribution in [3.8, 4) is 5.75 Å². The molecule has 1 aromatic carbocycles. The Hall–Kier alpha value is -1.90. The second-order valence-electron chi connectivity index (χ2n) is 6.62. The molecule has 1 aliphatic heterocycles. The Morgan fingerprint density at radius 1 is 1.23 bits per heavy atom. The van der Waals surface area contributed by atoms with Crippen molar-refractivity contribution < 1.29 is 19.2 Å². The minimum Gasteiger partial charge on any atom is -0.497 e. The molecule has 1 saturated heterocycles. The Morgan fingerprint density at radius 3 is 2.50 bits per heavy atom. The highest BCUT2D eigenvalue weighted by Crippen LogP contribution is 2.10. The van der Waals surface area contributed by atoms with Crippen LogP contribution in [0.15, 0.2) is 24.3 Å². The molecule has 1 fully saturated rings. The lowest BCUT2D eigenvalue weighted by Gasteiger charge is -2.32. The molecule has 0 unspecified atom stereocenters. The number of hydrazine groups is 1. The number of carbonyl (C=O) groups excluding carboxylic acids is 1. The maximum atomic E-state index is 12.0. The zero-order chi connectivity index (χ0) is 18.9. The van der Waals surface area contributed by atoms with Crippen molar-refractivity contribution in [2.45, 2.75) is 39.0 Å². The van der Waals surface area contributed by atoms with Crippen LogP contribution in [0.3, 0.4) is 0 Å². The van der Waals surface area contributed by atoms with E-state index in [1.54, 1.807) is 7.11 Å². The van der Waals surface area contributed by atoms with Gasteiger partial charge >= 0.3 is 0 Å². The lowest BCUT2D eigenvalue weighted by Crippen LogP contribution is -3.15. The Morgan fingerprint density at radius 2 is 1.88 bits per heavy atom. The van der Waals surface area contributed by atoms with Gasteiger partial charge in [0.05, 0.1) is 20.1 Å². The van der Waals surface area contributed by atoms with Crippen LogP contribution in [0, 0.1) is 0 Å². The topological polar surface area (TPSA) is 76.1 Å². The second kappa shape index (κ2) is 10.3. The van der Waals surface area contributed by atoms with Crippen LogP contribution >= 0.6 is 12.2 Å². The van der Waals surface area contributed by atoms with Gasteiger partial charge in [-0.2, -0.15) is 0 Å². The number of hydrogen-bond acceptors (Lipinski definition) is 4. The third-order valence-corrected chi connectivity index (χ3v) is 4.50. The highest BCUT2D eigenvalue weighted by molar-refractivity contribution is 7.80. The smallest absolute Gasteiger partial charge is 0.244 e. The summed E-state index contributed by atoms with van der Waals surface area (Å²) in [5.74, 6) is 0.741. The highest BCUT2D eigenvalue weighted by Gasteiger charge is 2.25. The van der Waals surface area contributed by atoms with Gasteiger partial charge in [-0.25, -0.2) is 0 Å². The maximum Gasteiger partial charge on any atom is 0.244 e. The molecule has 1 amide bonds. The first-order valence-electron chi connectivity index (χ1n) is 8.91. The molecule has 0 spiro atoms. The minimum absolute atomic E-state index is 0.0714. The lowest BCUT2D eigenvalue weighted by molar-refractivity contribution is -0.914. The SMILES string of the molecule is COc1ccc(CNC(=S)NNC(=O)CC[NH+]2C[C@H](C)O[C@@H](C)C2)cc1. The van der Waals surface area contributed by atoms with E-state index >= 15 is 0 Å². The molecule has 1 aromatic rings. The largest absolute Gasteiger partial charge is 0.497 e. The number of quaternary nitrogens is 1. The zero-order valence-electron chi connectivity index (χ0n) is 15.6. The number of rotatable bonds is 6. The van der Waals surface area contributed by atoms with Crippen molar-refractivity contribution in [1.82, 2.24) is 16.2 Å². The van der Waals surface area contributed by atoms with Gasteiger partial charge in [0.1, 0.15) is 31.0 Å². The molecule has 1 heterocycles. The zero-order valence-corrected chi connectivity index (χ0v) is 16.4. The van der Waals surface area contributed by atoms with Gasteiger partial charge in [0.15, 0.2) is 5.11 Å². The highest BCUT2D eigenvalue weighted by atomic mass is 32.1. The number of morpholine rings is 1. The molecule has 0 aliphatic carbocycles. The summed E-state index contributed by atoms with van der Waals surface area (Å²) in [4.78, 5) is 13.4.